The number of nitrogens with zero attached hydrogens (tertiary/aromatic N) is 3. The number of rotatable bonds is 2. The van der Waals surface area contributed by atoms with Crippen LogP contribution < -0.4 is 5.73 Å². The Kier molecular flexibility index (Phi) is 3.07. The van der Waals surface area contributed by atoms with Crippen LogP contribution in [0, 0.1) is 5.82 Å². The van der Waals surface area contributed by atoms with Crippen molar-refractivity contribution in [2.75, 3.05) is 12.3 Å². The number of hydrogen-bond acceptors (Lipinski definition) is 5. The van der Waals surface area contributed by atoms with Crippen LogP contribution in [0.2, 0.25) is 5.28 Å². The highest BCUT2D eigenvalue weighted by Gasteiger charge is 2.37. The van der Waals surface area contributed by atoms with Crippen LogP contribution in [0.3, 0.4) is 0 Å². The molecule has 2 aromatic rings. The second kappa shape index (κ2) is 4.54. The van der Waals surface area contributed by atoms with Gasteiger partial charge in [-0.1, -0.05) is 0 Å². The van der Waals surface area contributed by atoms with E-state index in [2.05, 4.69) is 9.97 Å². The van der Waals surface area contributed by atoms with Gasteiger partial charge in [0.15, 0.2) is 11.5 Å². The molecule has 0 unspecified atom stereocenters. The molecule has 2 atom stereocenters. The van der Waals surface area contributed by atoms with E-state index in [4.69, 9.17) is 22.1 Å². The summed E-state index contributed by atoms with van der Waals surface area (Å²) in [5, 5.41) is 9.41. The summed E-state index contributed by atoms with van der Waals surface area (Å²) in [6.07, 6.45) is 2.18. The molecule has 2 aromatic heterocycles. The summed E-state index contributed by atoms with van der Waals surface area (Å²) >= 11 is 5.78. The Balaban J connectivity index is 2.09. The van der Waals surface area contributed by atoms with E-state index in [-0.39, 0.29) is 23.1 Å². The van der Waals surface area contributed by atoms with E-state index >= 15 is 0 Å². The molecule has 3 heterocycles. The molecule has 3 rings (SSSR count). The van der Waals surface area contributed by atoms with Gasteiger partial charge in [-0.25, -0.2) is 9.37 Å². The van der Waals surface area contributed by atoms with E-state index in [9.17, 15) is 9.50 Å². The number of aromatic nitrogens is 3. The lowest BCUT2D eigenvalue weighted by Crippen LogP contribution is -2.28. The van der Waals surface area contributed by atoms with E-state index in [0.717, 1.165) is 0 Å². The fourth-order valence-electron chi connectivity index (χ4n) is 2.51. The fourth-order valence-corrected chi connectivity index (χ4v) is 2.68. The van der Waals surface area contributed by atoms with Gasteiger partial charge in [-0.2, -0.15) is 4.98 Å². The van der Waals surface area contributed by atoms with Crippen LogP contribution in [0.25, 0.3) is 11.0 Å². The Morgan fingerprint density at radius 2 is 2.40 bits per heavy atom. The number of aliphatic hydroxyl groups excluding tert-OH is 1. The van der Waals surface area contributed by atoms with Crippen LogP contribution in [0.4, 0.5) is 10.2 Å². The lowest BCUT2D eigenvalue weighted by Gasteiger charge is -2.22. The first-order valence-corrected chi connectivity index (χ1v) is 6.59. The van der Waals surface area contributed by atoms with Gasteiger partial charge in [-0.3, -0.25) is 0 Å². The second-order valence-corrected chi connectivity index (χ2v) is 5.52. The van der Waals surface area contributed by atoms with Crippen molar-refractivity contribution in [2.45, 2.75) is 31.6 Å². The van der Waals surface area contributed by atoms with Gasteiger partial charge in [0.2, 0.25) is 5.28 Å². The molecular weight excluding hydrogens is 287 g/mol. The zero-order valence-electron chi connectivity index (χ0n) is 10.8. The van der Waals surface area contributed by atoms with Crippen LogP contribution in [-0.2, 0) is 4.74 Å². The average Bonchev–Trinajstić information content (AvgIpc) is 2.92. The van der Waals surface area contributed by atoms with Crippen LogP contribution in [-0.4, -0.2) is 31.8 Å². The molecule has 1 fully saturated rings. The van der Waals surface area contributed by atoms with Crippen molar-refractivity contribution >= 4 is 28.5 Å². The molecular formula is C12H14ClFN4O2. The summed E-state index contributed by atoms with van der Waals surface area (Å²) in [5.41, 5.74) is 5.35. The van der Waals surface area contributed by atoms with Gasteiger partial charge in [0.05, 0.1) is 17.6 Å². The number of aliphatic hydroxyl groups is 1. The van der Waals surface area contributed by atoms with E-state index in [1.807, 2.05) is 6.92 Å². The summed E-state index contributed by atoms with van der Waals surface area (Å²) in [5.74, 6) is -0.519. The lowest BCUT2D eigenvalue weighted by molar-refractivity contribution is -0.0853. The minimum atomic E-state index is -0.625. The van der Waals surface area contributed by atoms with Crippen molar-refractivity contribution in [3.63, 3.8) is 0 Å². The predicted octanol–water partition coefficient (Wildman–Crippen LogP) is 1.87. The monoisotopic (exact) mass is 300 g/mol. The first-order valence-electron chi connectivity index (χ1n) is 6.21. The Labute approximate surface area is 119 Å². The summed E-state index contributed by atoms with van der Waals surface area (Å²) < 4.78 is 21.3. The van der Waals surface area contributed by atoms with E-state index in [0.29, 0.717) is 18.5 Å². The van der Waals surface area contributed by atoms with Crippen LogP contribution >= 0.6 is 11.6 Å². The van der Waals surface area contributed by atoms with E-state index < -0.39 is 17.6 Å². The molecule has 0 spiro atoms. The topological polar surface area (TPSA) is 86.2 Å². The number of ether oxygens (including phenoxy) is 1. The van der Waals surface area contributed by atoms with Crippen molar-refractivity contribution in [1.29, 1.82) is 0 Å². The standard InChI is InChI=1S/C12H14ClFN4O2/c1-12(5-19)3-2-7(20-12)18-4-6(14)8-9(15)16-11(13)17-10(8)18/h4,7,19H,2-3,5H2,1H3,(H2,15,16,17)/t7-,12+/m1/s1. The summed E-state index contributed by atoms with van der Waals surface area (Å²) in [4.78, 5) is 7.78. The van der Waals surface area contributed by atoms with Gasteiger partial charge in [-0.05, 0) is 31.4 Å². The molecule has 0 aromatic carbocycles. The average molecular weight is 301 g/mol. The number of anilines is 1. The molecule has 0 bridgehead atoms. The first-order chi connectivity index (χ1) is 9.43. The first kappa shape index (κ1) is 13.5. The third-order valence-electron chi connectivity index (χ3n) is 3.61. The second-order valence-electron chi connectivity index (χ2n) is 5.18. The third kappa shape index (κ3) is 2.02. The molecule has 1 saturated heterocycles. The number of fused-ring (bicyclic) bond motifs is 1. The SMILES string of the molecule is C[C@@]1(CO)CC[C@H](n2cc(F)c3c(N)nc(Cl)nc32)O1. The van der Waals surface area contributed by atoms with Gasteiger partial charge in [0.25, 0.3) is 0 Å². The van der Waals surface area contributed by atoms with Gasteiger partial charge >= 0.3 is 0 Å². The van der Waals surface area contributed by atoms with Crippen molar-refractivity contribution in [1.82, 2.24) is 14.5 Å². The molecule has 20 heavy (non-hydrogen) atoms. The van der Waals surface area contributed by atoms with Gasteiger partial charge in [0.1, 0.15) is 12.0 Å². The molecule has 0 saturated carbocycles. The molecule has 8 heteroatoms. The normalized spacial score (nSPS) is 26.5. The summed E-state index contributed by atoms with van der Waals surface area (Å²) in [6, 6.07) is 0. The van der Waals surface area contributed by atoms with Crippen molar-refractivity contribution < 1.29 is 14.2 Å². The maximum Gasteiger partial charge on any atom is 0.226 e. The zero-order valence-corrected chi connectivity index (χ0v) is 11.6. The van der Waals surface area contributed by atoms with E-state index in [1.54, 1.807) is 4.57 Å². The highest BCUT2D eigenvalue weighted by atomic mass is 35.5. The Morgan fingerprint density at radius 1 is 1.65 bits per heavy atom. The fraction of sp³-hybridized carbons (Fsp3) is 0.500. The molecule has 108 valence electrons. The van der Waals surface area contributed by atoms with Crippen molar-refractivity contribution in [2.24, 2.45) is 0 Å². The van der Waals surface area contributed by atoms with Crippen molar-refractivity contribution in [3.8, 4) is 0 Å². The summed E-state index contributed by atoms with van der Waals surface area (Å²) in [6.45, 7) is 1.72. The Morgan fingerprint density at radius 3 is 3.05 bits per heavy atom. The molecule has 0 amide bonds. The molecule has 0 radical (unpaired) electrons. The highest BCUT2D eigenvalue weighted by Crippen LogP contribution is 2.38. The van der Waals surface area contributed by atoms with Gasteiger partial charge in [-0.15, -0.1) is 0 Å². The van der Waals surface area contributed by atoms with Crippen molar-refractivity contribution in [3.05, 3.63) is 17.3 Å². The van der Waals surface area contributed by atoms with Gasteiger partial charge < -0.3 is 20.1 Å². The number of nitrogen functional groups attached to an aromatic ring is 1. The third-order valence-corrected chi connectivity index (χ3v) is 3.78. The predicted molar refractivity (Wildman–Crippen MR) is 71.8 cm³/mol. The largest absolute Gasteiger partial charge is 0.393 e. The molecule has 1 aliphatic rings. The van der Waals surface area contributed by atoms with Crippen LogP contribution in [0.15, 0.2) is 6.20 Å². The number of nitrogens with two attached hydrogens (primary N) is 1. The maximum atomic E-state index is 14.0. The highest BCUT2D eigenvalue weighted by molar-refractivity contribution is 6.28. The zero-order chi connectivity index (χ0) is 14.5. The summed E-state index contributed by atoms with van der Waals surface area (Å²) in [7, 11) is 0. The van der Waals surface area contributed by atoms with Crippen LogP contribution in [0.5, 0.6) is 0 Å². The molecule has 3 N–H and O–H groups in total. The Bertz CT molecular complexity index is 677. The Hall–Kier alpha value is -1.44. The quantitative estimate of drug-likeness (QED) is 0.827. The molecule has 0 aliphatic carbocycles. The lowest BCUT2D eigenvalue weighted by atomic mass is 10.0. The number of hydrogen-bond donors (Lipinski definition) is 2. The van der Waals surface area contributed by atoms with Gasteiger partial charge in [0, 0.05) is 6.20 Å². The molecule has 1 aliphatic heterocycles. The van der Waals surface area contributed by atoms with Crippen LogP contribution in [0.1, 0.15) is 26.0 Å². The minimum absolute atomic E-state index is 0.000771. The van der Waals surface area contributed by atoms with E-state index in [1.165, 1.54) is 6.20 Å². The number of halogens is 2. The minimum Gasteiger partial charge on any atom is -0.393 e. The molecule has 6 nitrogen and oxygen atoms in total. The smallest absolute Gasteiger partial charge is 0.226 e. The maximum absolute atomic E-state index is 14.0.